The van der Waals surface area contributed by atoms with Gasteiger partial charge in [-0.2, -0.15) is 0 Å². The first kappa shape index (κ1) is 13.8. The van der Waals surface area contributed by atoms with Crippen molar-refractivity contribution in [1.29, 1.82) is 0 Å². The van der Waals surface area contributed by atoms with Crippen molar-refractivity contribution in [3.8, 4) is 0 Å². The molecule has 0 aliphatic rings. The van der Waals surface area contributed by atoms with Crippen LogP contribution in [0.4, 0.5) is 0 Å². The third-order valence-electron chi connectivity index (χ3n) is 1.52. The lowest BCUT2D eigenvalue weighted by Gasteiger charge is -2.22. The van der Waals surface area contributed by atoms with Gasteiger partial charge in [0, 0.05) is 12.5 Å². The van der Waals surface area contributed by atoms with Crippen LogP contribution in [-0.2, 0) is 19.5 Å². The van der Waals surface area contributed by atoms with Gasteiger partial charge >= 0.3 is 0 Å². The number of rotatable bonds is 7. The third kappa shape index (κ3) is 8.43. The standard InChI is InChI=1S/C8H19NO4S/c1-8(2,7-14(9,10)11)6-13-5-4-12-3/h4-7H2,1-3H3,(H2,9,10,11). The molecule has 0 fully saturated rings. The van der Waals surface area contributed by atoms with Crippen molar-refractivity contribution >= 4 is 10.0 Å². The molecule has 0 radical (unpaired) electrons. The van der Waals surface area contributed by atoms with Crippen molar-refractivity contribution in [1.82, 2.24) is 0 Å². The first-order valence-electron chi connectivity index (χ1n) is 4.34. The highest BCUT2D eigenvalue weighted by Gasteiger charge is 2.24. The molecule has 0 amide bonds. The van der Waals surface area contributed by atoms with E-state index < -0.39 is 15.4 Å². The quantitative estimate of drug-likeness (QED) is 0.617. The fraction of sp³-hybridized carbons (Fsp3) is 1.00. The molecule has 0 spiro atoms. The molecule has 0 saturated carbocycles. The summed E-state index contributed by atoms with van der Waals surface area (Å²) in [6.07, 6.45) is 0. The Bertz CT molecular complexity index is 248. The minimum Gasteiger partial charge on any atom is -0.382 e. The number of ether oxygens (including phenoxy) is 2. The topological polar surface area (TPSA) is 78.6 Å². The van der Waals surface area contributed by atoms with E-state index in [0.717, 1.165) is 0 Å². The normalized spacial score (nSPS) is 13.1. The summed E-state index contributed by atoms with van der Waals surface area (Å²) in [6, 6.07) is 0. The van der Waals surface area contributed by atoms with Crippen LogP contribution in [0, 0.1) is 5.41 Å². The molecule has 0 aromatic carbocycles. The van der Waals surface area contributed by atoms with Gasteiger partial charge in [-0.1, -0.05) is 13.8 Å². The molecular formula is C8H19NO4S. The molecule has 6 heteroatoms. The minimum atomic E-state index is -3.44. The predicted octanol–water partition coefficient (Wildman–Crippen LogP) is -0.0359. The van der Waals surface area contributed by atoms with Gasteiger partial charge in [0.1, 0.15) is 0 Å². The van der Waals surface area contributed by atoms with Crippen LogP contribution in [0.25, 0.3) is 0 Å². The molecule has 5 nitrogen and oxygen atoms in total. The summed E-state index contributed by atoms with van der Waals surface area (Å²) in [4.78, 5) is 0. The average Bonchev–Trinajstić information content (AvgIpc) is 1.93. The Morgan fingerprint density at radius 1 is 1.29 bits per heavy atom. The maximum Gasteiger partial charge on any atom is 0.209 e. The second-order valence-electron chi connectivity index (χ2n) is 4.02. The first-order chi connectivity index (χ1) is 6.27. The number of hydrogen-bond donors (Lipinski definition) is 1. The molecular weight excluding hydrogens is 206 g/mol. The Morgan fingerprint density at radius 2 is 1.86 bits per heavy atom. The third-order valence-corrected chi connectivity index (χ3v) is 2.70. The molecule has 0 saturated heterocycles. The lowest BCUT2D eigenvalue weighted by molar-refractivity contribution is 0.0346. The van der Waals surface area contributed by atoms with Gasteiger partial charge in [0.15, 0.2) is 0 Å². The Kier molecular flexibility index (Phi) is 5.58. The smallest absolute Gasteiger partial charge is 0.209 e. The number of primary sulfonamides is 1. The van der Waals surface area contributed by atoms with Crippen molar-refractivity contribution < 1.29 is 17.9 Å². The number of hydrogen-bond acceptors (Lipinski definition) is 4. The van der Waals surface area contributed by atoms with Crippen LogP contribution in [0.15, 0.2) is 0 Å². The lowest BCUT2D eigenvalue weighted by atomic mass is 9.98. The summed E-state index contributed by atoms with van der Waals surface area (Å²) in [5.74, 6) is -0.0764. The van der Waals surface area contributed by atoms with E-state index in [0.29, 0.717) is 19.8 Å². The van der Waals surface area contributed by atoms with Crippen LogP contribution in [-0.4, -0.2) is 41.1 Å². The van der Waals surface area contributed by atoms with Crippen LogP contribution >= 0.6 is 0 Å². The molecule has 0 unspecified atom stereocenters. The zero-order chi connectivity index (χ0) is 11.2. The second kappa shape index (κ2) is 5.65. The van der Waals surface area contributed by atoms with Crippen molar-refractivity contribution in [3.05, 3.63) is 0 Å². The van der Waals surface area contributed by atoms with Crippen LogP contribution < -0.4 is 5.14 Å². The molecule has 0 aromatic heterocycles. The van der Waals surface area contributed by atoms with Gasteiger partial charge in [-0.3, -0.25) is 0 Å². The van der Waals surface area contributed by atoms with Crippen LogP contribution in [0.1, 0.15) is 13.8 Å². The summed E-state index contributed by atoms with van der Waals surface area (Å²) in [5, 5.41) is 4.94. The zero-order valence-corrected chi connectivity index (χ0v) is 9.76. The monoisotopic (exact) mass is 225 g/mol. The molecule has 14 heavy (non-hydrogen) atoms. The Labute approximate surface area is 85.6 Å². The highest BCUT2D eigenvalue weighted by Crippen LogP contribution is 2.16. The molecule has 0 rings (SSSR count). The fourth-order valence-electron chi connectivity index (χ4n) is 1.08. The van der Waals surface area contributed by atoms with Crippen molar-refractivity contribution in [2.24, 2.45) is 10.6 Å². The van der Waals surface area contributed by atoms with Gasteiger partial charge < -0.3 is 9.47 Å². The highest BCUT2D eigenvalue weighted by atomic mass is 32.2. The fourth-order valence-corrected chi connectivity index (χ4v) is 2.25. The molecule has 2 N–H and O–H groups in total. The maximum atomic E-state index is 10.8. The molecule has 0 aliphatic heterocycles. The summed E-state index contributed by atoms with van der Waals surface area (Å²) in [7, 11) is -1.85. The van der Waals surface area contributed by atoms with Crippen molar-refractivity contribution in [3.63, 3.8) is 0 Å². The van der Waals surface area contributed by atoms with E-state index in [1.165, 1.54) is 0 Å². The predicted molar refractivity (Wildman–Crippen MR) is 54.5 cm³/mol. The minimum absolute atomic E-state index is 0.0764. The number of methoxy groups -OCH3 is 1. The Morgan fingerprint density at radius 3 is 2.29 bits per heavy atom. The second-order valence-corrected chi connectivity index (χ2v) is 5.63. The van der Waals surface area contributed by atoms with Crippen LogP contribution in [0.2, 0.25) is 0 Å². The molecule has 0 aromatic rings. The van der Waals surface area contributed by atoms with E-state index in [2.05, 4.69) is 0 Å². The average molecular weight is 225 g/mol. The summed E-state index contributed by atoms with van der Waals surface area (Å²) in [5.41, 5.74) is -0.457. The molecule has 0 atom stereocenters. The SMILES string of the molecule is COCCOCC(C)(C)CS(N)(=O)=O. The zero-order valence-electron chi connectivity index (χ0n) is 8.95. The van der Waals surface area contributed by atoms with E-state index in [4.69, 9.17) is 14.6 Å². The van der Waals surface area contributed by atoms with E-state index in [1.54, 1.807) is 21.0 Å². The maximum absolute atomic E-state index is 10.8. The summed E-state index contributed by atoms with van der Waals surface area (Å²) < 4.78 is 31.7. The van der Waals surface area contributed by atoms with E-state index in [-0.39, 0.29) is 5.75 Å². The number of sulfonamides is 1. The Hall–Kier alpha value is -0.170. The number of nitrogens with two attached hydrogens (primary N) is 1. The van der Waals surface area contributed by atoms with Gasteiger partial charge in [-0.25, -0.2) is 13.6 Å². The summed E-state index contributed by atoms with van der Waals surface area (Å²) >= 11 is 0. The Balaban J connectivity index is 3.84. The molecule has 86 valence electrons. The first-order valence-corrected chi connectivity index (χ1v) is 6.05. The molecule has 0 heterocycles. The van der Waals surface area contributed by atoms with Gasteiger partial charge in [0.2, 0.25) is 10.0 Å². The van der Waals surface area contributed by atoms with Gasteiger partial charge in [-0.05, 0) is 0 Å². The van der Waals surface area contributed by atoms with E-state index in [1.807, 2.05) is 0 Å². The van der Waals surface area contributed by atoms with E-state index in [9.17, 15) is 8.42 Å². The van der Waals surface area contributed by atoms with Gasteiger partial charge in [-0.15, -0.1) is 0 Å². The van der Waals surface area contributed by atoms with Crippen molar-refractivity contribution in [2.45, 2.75) is 13.8 Å². The highest BCUT2D eigenvalue weighted by molar-refractivity contribution is 7.89. The van der Waals surface area contributed by atoms with Crippen LogP contribution in [0.3, 0.4) is 0 Å². The van der Waals surface area contributed by atoms with Crippen molar-refractivity contribution in [2.75, 3.05) is 32.7 Å². The summed E-state index contributed by atoms with van der Waals surface area (Å²) in [6.45, 7) is 4.91. The molecule has 0 aliphatic carbocycles. The van der Waals surface area contributed by atoms with Gasteiger partial charge in [0.25, 0.3) is 0 Å². The van der Waals surface area contributed by atoms with Crippen LogP contribution in [0.5, 0.6) is 0 Å². The largest absolute Gasteiger partial charge is 0.382 e. The lowest BCUT2D eigenvalue weighted by Crippen LogP contribution is -2.33. The molecule has 0 bridgehead atoms. The van der Waals surface area contributed by atoms with Gasteiger partial charge in [0.05, 0.1) is 25.6 Å². The van der Waals surface area contributed by atoms with E-state index >= 15 is 0 Å².